The second-order valence-corrected chi connectivity index (χ2v) is 8.33. The second-order valence-electron chi connectivity index (χ2n) is 5.58. The quantitative estimate of drug-likeness (QED) is 0.385. The molecule has 0 aliphatic rings. The van der Waals surface area contributed by atoms with Crippen LogP contribution in [0.5, 0.6) is 0 Å². The maximum Gasteiger partial charge on any atom is 0.272 e. The van der Waals surface area contributed by atoms with E-state index in [9.17, 15) is 9.59 Å². The zero-order chi connectivity index (χ0) is 18.6. The second kappa shape index (κ2) is 8.03. The fraction of sp³-hybridized carbons (Fsp3) is 0.111. The van der Waals surface area contributed by atoms with Gasteiger partial charge in [0.25, 0.3) is 5.56 Å². The third kappa shape index (κ3) is 4.10. The van der Waals surface area contributed by atoms with Gasteiger partial charge in [-0.1, -0.05) is 42.1 Å². The zero-order valence-corrected chi connectivity index (χ0v) is 16.4. The molecule has 3 aromatic heterocycles. The molecule has 3 heterocycles. The predicted octanol–water partition coefficient (Wildman–Crippen LogP) is 3.69. The first-order valence-corrected chi connectivity index (χ1v) is 10.8. The van der Waals surface area contributed by atoms with E-state index in [-0.39, 0.29) is 17.2 Å². The maximum absolute atomic E-state index is 12.9. The minimum atomic E-state index is -0.180. The van der Waals surface area contributed by atoms with Crippen LogP contribution in [0.1, 0.15) is 5.56 Å². The van der Waals surface area contributed by atoms with E-state index >= 15 is 0 Å². The Labute approximate surface area is 166 Å². The SMILES string of the molecule is O=C(CSc1nc2ccsc2c(=O)n1Cc1ccccc1)Nc1nccs1. The standard InChI is InChI=1S/C18H14N4O2S3/c23-14(21-17-19-7-9-26-17)11-27-18-20-13-6-8-25-15(13)16(24)22(18)10-12-4-2-1-3-5-12/h1-9H,10-11H2,(H,19,21,23). The lowest BCUT2D eigenvalue weighted by atomic mass is 10.2. The average Bonchev–Trinajstić information content (AvgIpc) is 3.35. The number of nitrogens with zero attached hydrogens (tertiary/aromatic N) is 3. The van der Waals surface area contributed by atoms with Crippen molar-refractivity contribution in [2.75, 3.05) is 11.1 Å². The molecule has 4 aromatic rings. The summed E-state index contributed by atoms with van der Waals surface area (Å²) in [6.07, 6.45) is 1.64. The van der Waals surface area contributed by atoms with Crippen LogP contribution in [0.25, 0.3) is 10.2 Å². The average molecular weight is 415 g/mol. The predicted molar refractivity (Wildman–Crippen MR) is 111 cm³/mol. The summed E-state index contributed by atoms with van der Waals surface area (Å²) in [5.41, 5.74) is 1.59. The Bertz CT molecular complexity index is 1120. The van der Waals surface area contributed by atoms with Gasteiger partial charge in [0.15, 0.2) is 10.3 Å². The van der Waals surface area contributed by atoms with Gasteiger partial charge in [0, 0.05) is 11.6 Å². The number of thiazole rings is 1. The molecule has 4 rings (SSSR count). The molecule has 0 aliphatic heterocycles. The topological polar surface area (TPSA) is 76.9 Å². The molecule has 0 fully saturated rings. The number of nitrogens with one attached hydrogen (secondary N) is 1. The van der Waals surface area contributed by atoms with E-state index in [0.717, 1.165) is 5.56 Å². The zero-order valence-electron chi connectivity index (χ0n) is 14.0. The van der Waals surface area contributed by atoms with Gasteiger partial charge in [0.05, 0.1) is 17.8 Å². The van der Waals surface area contributed by atoms with E-state index in [1.54, 1.807) is 16.1 Å². The lowest BCUT2D eigenvalue weighted by Gasteiger charge is -2.12. The third-order valence-electron chi connectivity index (χ3n) is 3.73. The molecule has 136 valence electrons. The highest BCUT2D eigenvalue weighted by Gasteiger charge is 2.15. The summed E-state index contributed by atoms with van der Waals surface area (Å²) in [7, 11) is 0. The van der Waals surface area contributed by atoms with E-state index < -0.39 is 0 Å². The highest BCUT2D eigenvalue weighted by molar-refractivity contribution is 7.99. The molecule has 0 atom stereocenters. The molecule has 6 nitrogen and oxygen atoms in total. The van der Waals surface area contributed by atoms with Gasteiger partial charge >= 0.3 is 0 Å². The summed E-state index contributed by atoms with van der Waals surface area (Å²) in [6.45, 7) is 0.414. The molecule has 0 aliphatic carbocycles. The van der Waals surface area contributed by atoms with Crippen LogP contribution in [0, 0.1) is 0 Å². The lowest BCUT2D eigenvalue weighted by Crippen LogP contribution is -2.24. The molecule has 0 radical (unpaired) electrons. The van der Waals surface area contributed by atoms with Crippen molar-refractivity contribution in [2.24, 2.45) is 0 Å². The molecule has 1 N–H and O–H groups in total. The van der Waals surface area contributed by atoms with E-state index in [0.29, 0.717) is 27.0 Å². The van der Waals surface area contributed by atoms with Crippen LogP contribution in [0.15, 0.2) is 63.3 Å². The van der Waals surface area contributed by atoms with Gasteiger partial charge in [0.1, 0.15) is 4.70 Å². The number of thiophene rings is 1. The summed E-state index contributed by atoms with van der Waals surface area (Å²) in [5, 5.41) is 7.49. The highest BCUT2D eigenvalue weighted by atomic mass is 32.2. The number of rotatable bonds is 6. The first kappa shape index (κ1) is 17.9. The Morgan fingerprint density at radius 1 is 1.15 bits per heavy atom. The van der Waals surface area contributed by atoms with E-state index in [2.05, 4.69) is 15.3 Å². The fourth-order valence-electron chi connectivity index (χ4n) is 2.51. The number of carbonyl (C=O) groups is 1. The van der Waals surface area contributed by atoms with Crippen LogP contribution < -0.4 is 10.9 Å². The van der Waals surface area contributed by atoms with Gasteiger partial charge in [-0.15, -0.1) is 22.7 Å². The Kier molecular flexibility index (Phi) is 5.33. The fourth-order valence-corrected chi connectivity index (χ4v) is 4.63. The van der Waals surface area contributed by atoms with Gasteiger partial charge in [-0.3, -0.25) is 14.2 Å². The van der Waals surface area contributed by atoms with Crippen molar-refractivity contribution in [3.8, 4) is 0 Å². The van der Waals surface area contributed by atoms with E-state index in [1.807, 2.05) is 41.8 Å². The van der Waals surface area contributed by atoms with Crippen molar-refractivity contribution >= 4 is 55.7 Å². The van der Waals surface area contributed by atoms with Gasteiger partial charge < -0.3 is 5.32 Å². The molecule has 0 bridgehead atoms. The highest BCUT2D eigenvalue weighted by Crippen LogP contribution is 2.22. The molecule has 0 spiro atoms. The number of amides is 1. The number of fused-ring (bicyclic) bond motifs is 1. The Balaban J connectivity index is 1.61. The molecule has 1 aromatic carbocycles. The van der Waals surface area contributed by atoms with Gasteiger partial charge in [-0.25, -0.2) is 9.97 Å². The van der Waals surface area contributed by atoms with E-state index in [4.69, 9.17) is 0 Å². The molecule has 0 saturated heterocycles. The minimum absolute atomic E-state index is 0.0818. The maximum atomic E-state index is 12.9. The van der Waals surface area contributed by atoms with Gasteiger partial charge in [-0.2, -0.15) is 0 Å². The van der Waals surface area contributed by atoms with Crippen LogP contribution >= 0.6 is 34.4 Å². The van der Waals surface area contributed by atoms with Crippen molar-refractivity contribution < 1.29 is 4.79 Å². The van der Waals surface area contributed by atoms with Crippen molar-refractivity contribution in [2.45, 2.75) is 11.7 Å². The van der Waals surface area contributed by atoms with E-state index in [1.165, 1.54) is 34.4 Å². The summed E-state index contributed by atoms with van der Waals surface area (Å²) in [4.78, 5) is 33.7. The van der Waals surface area contributed by atoms with Crippen molar-refractivity contribution in [1.29, 1.82) is 0 Å². The lowest BCUT2D eigenvalue weighted by molar-refractivity contribution is -0.113. The Morgan fingerprint density at radius 3 is 2.78 bits per heavy atom. The smallest absolute Gasteiger partial charge is 0.272 e. The largest absolute Gasteiger partial charge is 0.301 e. The van der Waals surface area contributed by atoms with Gasteiger partial charge in [-0.05, 0) is 17.0 Å². The molecule has 1 amide bonds. The molecular weight excluding hydrogens is 400 g/mol. The molecule has 27 heavy (non-hydrogen) atoms. The summed E-state index contributed by atoms with van der Waals surface area (Å²) >= 11 is 3.99. The first-order valence-electron chi connectivity index (χ1n) is 8.05. The normalized spacial score (nSPS) is 11.0. The van der Waals surface area contributed by atoms with Crippen LogP contribution in [-0.2, 0) is 11.3 Å². The van der Waals surface area contributed by atoms with Crippen LogP contribution in [-0.4, -0.2) is 26.2 Å². The number of anilines is 1. The number of thioether (sulfide) groups is 1. The molecule has 9 heteroatoms. The monoisotopic (exact) mass is 414 g/mol. The number of aromatic nitrogens is 3. The van der Waals surface area contributed by atoms with Crippen LogP contribution in [0.4, 0.5) is 5.13 Å². The number of carbonyl (C=O) groups excluding carboxylic acids is 1. The summed E-state index contributed by atoms with van der Waals surface area (Å²) in [5.74, 6) is -0.0305. The number of benzene rings is 1. The Morgan fingerprint density at radius 2 is 2.00 bits per heavy atom. The third-order valence-corrected chi connectivity index (χ3v) is 6.28. The van der Waals surface area contributed by atoms with Crippen LogP contribution in [0.3, 0.4) is 0 Å². The Hall–Kier alpha value is -2.49. The number of hydrogen-bond acceptors (Lipinski definition) is 7. The molecular formula is C18H14N4O2S3. The van der Waals surface area contributed by atoms with Crippen LogP contribution in [0.2, 0.25) is 0 Å². The molecule has 0 saturated carbocycles. The minimum Gasteiger partial charge on any atom is -0.301 e. The van der Waals surface area contributed by atoms with Crippen molar-refractivity contribution in [1.82, 2.24) is 14.5 Å². The van der Waals surface area contributed by atoms with Gasteiger partial charge in [0.2, 0.25) is 5.91 Å². The number of hydrogen-bond donors (Lipinski definition) is 1. The van der Waals surface area contributed by atoms with Crippen molar-refractivity contribution in [3.63, 3.8) is 0 Å². The first-order chi connectivity index (χ1) is 13.2. The summed E-state index contributed by atoms with van der Waals surface area (Å²) < 4.78 is 2.26. The summed E-state index contributed by atoms with van der Waals surface area (Å²) in [6, 6.07) is 11.6. The molecule has 0 unspecified atom stereocenters. The van der Waals surface area contributed by atoms with Crippen molar-refractivity contribution in [3.05, 3.63) is 69.3 Å².